The van der Waals surface area contributed by atoms with Crippen molar-refractivity contribution in [3.63, 3.8) is 0 Å². The summed E-state index contributed by atoms with van der Waals surface area (Å²) < 4.78 is 18.0. The first-order valence-corrected chi connectivity index (χ1v) is 7.07. The Labute approximate surface area is 122 Å². The Kier molecular flexibility index (Phi) is 5.14. The molecule has 6 heteroatoms. The molecule has 1 aromatic rings. The number of hydrogen-bond acceptors (Lipinski definition) is 4. The van der Waals surface area contributed by atoms with Gasteiger partial charge in [-0.3, -0.25) is 4.79 Å². The molecule has 1 aliphatic carbocycles. The predicted molar refractivity (Wildman–Crippen MR) is 76.1 cm³/mol. The van der Waals surface area contributed by atoms with Crippen LogP contribution in [0.3, 0.4) is 0 Å². The van der Waals surface area contributed by atoms with Crippen molar-refractivity contribution in [1.29, 1.82) is 0 Å². The van der Waals surface area contributed by atoms with E-state index in [0.717, 1.165) is 37.8 Å². The number of carbonyl (C=O) groups is 2. The van der Waals surface area contributed by atoms with Crippen molar-refractivity contribution in [1.82, 2.24) is 5.32 Å². The molecule has 0 aromatic heterocycles. The van der Waals surface area contributed by atoms with E-state index in [1.165, 1.54) is 12.5 Å². The standard InChI is InChI=1S/C15H19FN2O3/c16-11-6-10(7-12(17)8-11)15(20)21-9-14(19)18-13-4-2-1-3-5-13/h6-8,13H,1-5,9,17H2,(H,18,19). The van der Waals surface area contributed by atoms with Gasteiger partial charge in [0.05, 0.1) is 5.56 Å². The number of ether oxygens (including phenoxy) is 1. The average molecular weight is 294 g/mol. The van der Waals surface area contributed by atoms with E-state index in [0.29, 0.717) is 0 Å². The molecule has 5 nitrogen and oxygen atoms in total. The molecule has 21 heavy (non-hydrogen) atoms. The first kappa shape index (κ1) is 15.3. The summed E-state index contributed by atoms with van der Waals surface area (Å²) in [7, 11) is 0. The van der Waals surface area contributed by atoms with Crippen molar-refractivity contribution in [2.24, 2.45) is 0 Å². The van der Waals surface area contributed by atoms with Crippen molar-refractivity contribution in [2.45, 2.75) is 38.1 Å². The molecule has 0 radical (unpaired) electrons. The second kappa shape index (κ2) is 7.06. The highest BCUT2D eigenvalue weighted by atomic mass is 19.1. The number of anilines is 1. The minimum Gasteiger partial charge on any atom is -0.452 e. The molecule has 1 aliphatic rings. The minimum atomic E-state index is -0.764. The van der Waals surface area contributed by atoms with Gasteiger partial charge in [-0.15, -0.1) is 0 Å². The summed E-state index contributed by atoms with van der Waals surface area (Å²) in [4.78, 5) is 23.4. The molecule has 0 aliphatic heterocycles. The van der Waals surface area contributed by atoms with Gasteiger partial charge in [0.1, 0.15) is 5.82 Å². The van der Waals surface area contributed by atoms with E-state index in [9.17, 15) is 14.0 Å². The number of carbonyl (C=O) groups excluding carboxylic acids is 2. The fourth-order valence-corrected chi connectivity index (χ4v) is 2.46. The lowest BCUT2D eigenvalue weighted by Gasteiger charge is -2.22. The lowest BCUT2D eigenvalue weighted by atomic mass is 9.95. The minimum absolute atomic E-state index is 0.00188. The molecular formula is C15H19FN2O3. The van der Waals surface area contributed by atoms with Crippen LogP contribution in [0.15, 0.2) is 18.2 Å². The maximum atomic E-state index is 13.1. The van der Waals surface area contributed by atoms with Crippen molar-refractivity contribution >= 4 is 17.6 Å². The summed E-state index contributed by atoms with van der Waals surface area (Å²) in [5.74, 6) is -1.71. The molecule has 114 valence electrons. The summed E-state index contributed by atoms with van der Waals surface area (Å²) in [5.41, 5.74) is 5.58. The highest BCUT2D eigenvalue weighted by Crippen LogP contribution is 2.17. The topological polar surface area (TPSA) is 81.4 Å². The first-order chi connectivity index (χ1) is 10.0. The second-order valence-electron chi connectivity index (χ2n) is 5.25. The number of hydrogen-bond donors (Lipinski definition) is 2. The van der Waals surface area contributed by atoms with E-state index in [-0.39, 0.29) is 29.8 Å². The van der Waals surface area contributed by atoms with Crippen LogP contribution in [0.25, 0.3) is 0 Å². The molecule has 0 unspecified atom stereocenters. The van der Waals surface area contributed by atoms with E-state index >= 15 is 0 Å². The Bertz CT molecular complexity index is 507. The van der Waals surface area contributed by atoms with Gasteiger partial charge in [0.25, 0.3) is 5.91 Å². The quantitative estimate of drug-likeness (QED) is 0.657. The van der Waals surface area contributed by atoms with E-state index in [2.05, 4.69) is 5.32 Å². The number of esters is 1. The number of rotatable bonds is 4. The molecule has 3 N–H and O–H groups in total. The summed E-state index contributed by atoms with van der Waals surface area (Å²) in [6, 6.07) is 3.60. The lowest BCUT2D eigenvalue weighted by Crippen LogP contribution is -2.38. The maximum absolute atomic E-state index is 13.1. The molecule has 2 rings (SSSR count). The van der Waals surface area contributed by atoms with Crippen molar-refractivity contribution in [2.75, 3.05) is 12.3 Å². The van der Waals surface area contributed by atoms with Crippen LogP contribution in [-0.2, 0) is 9.53 Å². The highest BCUT2D eigenvalue weighted by molar-refractivity contribution is 5.92. The number of benzene rings is 1. The van der Waals surface area contributed by atoms with E-state index in [1.54, 1.807) is 0 Å². The van der Waals surface area contributed by atoms with Gasteiger partial charge in [0, 0.05) is 11.7 Å². The van der Waals surface area contributed by atoms with Crippen molar-refractivity contribution in [3.05, 3.63) is 29.6 Å². The highest BCUT2D eigenvalue weighted by Gasteiger charge is 2.17. The SMILES string of the molecule is Nc1cc(F)cc(C(=O)OCC(=O)NC2CCCCC2)c1. The first-order valence-electron chi connectivity index (χ1n) is 7.07. The number of nitrogen functional groups attached to an aromatic ring is 1. The molecule has 0 saturated heterocycles. The van der Waals surface area contributed by atoms with Crippen LogP contribution in [0.1, 0.15) is 42.5 Å². The third-order valence-electron chi connectivity index (χ3n) is 3.46. The summed E-state index contributed by atoms with van der Waals surface area (Å²) in [5, 5.41) is 2.83. The fraction of sp³-hybridized carbons (Fsp3) is 0.467. The van der Waals surface area contributed by atoms with Crippen LogP contribution >= 0.6 is 0 Å². The second-order valence-corrected chi connectivity index (χ2v) is 5.25. The van der Waals surface area contributed by atoms with Crippen LogP contribution < -0.4 is 11.1 Å². The zero-order valence-corrected chi connectivity index (χ0v) is 11.7. The van der Waals surface area contributed by atoms with Crippen LogP contribution in [0.4, 0.5) is 10.1 Å². The Morgan fingerprint density at radius 3 is 2.62 bits per heavy atom. The van der Waals surface area contributed by atoms with Crippen LogP contribution in [0, 0.1) is 5.82 Å². The Morgan fingerprint density at radius 2 is 1.95 bits per heavy atom. The van der Waals surface area contributed by atoms with E-state index in [1.807, 2.05) is 0 Å². The smallest absolute Gasteiger partial charge is 0.338 e. The van der Waals surface area contributed by atoms with Crippen LogP contribution in [0.2, 0.25) is 0 Å². The summed E-state index contributed by atoms with van der Waals surface area (Å²) >= 11 is 0. The average Bonchev–Trinajstić information content (AvgIpc) is 2.45. The zero-order valence-electron chi connectivity index (χ0n) is 11.7. The summed E-state index contributed by atoms with van der Waals surface area (Å²) in [6.45, 7) is -0.369. The number of nitrogens with one attached hydrogen (secondary N) is 1. The molecular weight excluding hydrogens is 275 g/mol. The van der Waals surface area contributed by atoms with Crippen LogP contribution in [0.5, 0.6) is 0 Å². The normalized spacial score (nSPS) is 15.5. The molecule has 0 atom stereocenters. The molecule has 0 bridgehead atoms. The number of halogens is 1. The Morgan fingerprint density at radius 1 is 1.24 bits per heavy atom. The van der Waals surface area contributed by atoms with Gasteiger partial charge >= 0.3 is 5.97 Å². The van der Waals surface area contributed by atoms with Gasteiger partial charge in [-0.2, -0.15) is 0 Å². The third-order valence-corrected chi connectivity index (χ3v) is 3.46. The fourth-order valence-electron chi connectivity index (χ4n) is 2.46. The van der Waals surface area contributed by atoms with E-state index in [4.69, 9.17) is 10.5 Å². The van der Waals surface area contributed by atoms with Gasteiger partial charge < -0.3 is 15.8 Å². The molecule has 1 saturated carbocycles. The van der Waals surface area contributed by atoms with Crippen molar-refractivity contribution < 1.29 is 18.7 Å². The Balaban J connectivity index is 1.81. The Hall–Kier alpha value is -2.11. The molecule has 1 aromatic carbocycles. The zero-order chi connectivity index (χ0) is 15.2. The van der Waals surface area contributed by atoms with Gasteiger partial charge in [-0.05, 0) is 31.0 Å². The van der Waals surface area contributed by atoms with Crippen molar-refractivity contribution in [3.8, 4) is 0 Å². The molecule has 0 spiro atoms. The van der Waals surface area contributed by atoms with Crippen LogP contribution in [-0.4, -0.2) is 24.5 Å². The number of amides is 1. The monoisotopic (exact) mass is 294 g/mol. The predicted octanol–water partition coefficient (Wildman–Crippen LogP) is 2.01. The largest absolute Gasteiger partial charge is 0.452 e. The third kappa shape index (κ3) is 4.73. The number of nitrogens with two attached hydrogens (primary N) is 1. The summed E-state index contributed by atoms with van der Waals surface area (Å²) in [6.07, 6.45) is 5.32. The molecule has 1 fully saturated rings. The molecule has 1 amide bonds. The maximum Gasteiger partial charge on any atom is 0.338 e. The van der Waals surface area contributed by atoms with Gasteiger partial charge in [-0.25, -0.2) is 9.18 Å². The van der Waals surface area contributed by atoms with Gasteiger partial charge in [0.2, 0.25) is 0 Å². The van der Waals surface area contributed by atoms with E-state index < -0.39 is 11.8 Å². The molecule has 0 heterocycles. The lowest BCUT2D eigenvalue weighted by molar-refractivity contribution is -0.125. The van der Waals surface area contributed by atoms with Gasteiger partial charge in [-0.1, -0.05) is 19.3 Å². The van der Waals surface area contributed by atoms with Gasteiger partial charge in [0.15, 0.2) is 6.61 Å².